The topological polar surface area (TPSA) is 48.4 Å². The van der Waals surface area contributed by atoms with Crippen LogP contribution in [0.5, 0.6) is 5.75 Å². The van der Waals surface area contributed by atoms with Crippen LogP contribution in [0.4, 0.5) is 4.39 Å². The normalized spacial score (nSPS) is 10.7. The second kappa shape index (κ2) is 5.54. The average molecular weight is 314 g/mol. The van der Waals surface area contributed by atoms with Gasteiger partial charge in [0.15, 0.2) is 0 Å². The van der Waals surface area contributed by atoms with Crippen LogP contribution >= 0.6 is 15.9 Å². The molecule has 18 heavy (non-hydrogen) atoms. The number of rotatable bonds is 4. The number of aryl methyl sites for hydroxylation is 1. The summed E-state index contributed by atoms with van der Waals surface area (Å²) in [6.45, 7) is 2.52. The van der Waals surface area contributed by atoms with Gasteiger partial charge in [0.25, 0.3) is 0 Å². The second-order valence-corrected chi connectivity index (χ2v) is 4.81. The summed E-state index contributed by atoms with van der Waals surface area (Å²) >= 11 is 3.21. The molecule has 0 saturated heterocycles. The lowest BCUT2D eigenvalue weighted by molar-refractivity contribution is 0.301. The Morgan fingerprint density at radius 1 is 1.33 bits per heavy atom. The number of hydrogen-bond acceptors (Lipinski definition) is 3. The van der Waals surface area contributed by atoms with Crippen molar-refractivity contribution in [1.82, 2.24) is 0 Å². The molecule has 3 nitrogen and oxygen atoms in total. The predicted octanol–water partition coefficient (Wildman–Crippen LogP) is 3.53. The third kappa shape index (κ3) is 3.11. The van der Waals surface area contributed by atoms with Crippen molar-refractivity contribution in [3.63, 3.8) is 0 Å². The lowest BCUT2D eigenvalue weighted by atomic mass is 10.2. The number of nitrogens with two attached hydrogens (primary N) is 1. The molecule has 0 aliphatic heterocycles. The van der Waals surface area contributed by atoms with E-state index < -0.39 is 0 Å². The van der Waals surface area contributed by atoms with Gasteiger partial charge < -0.3 is 14.9 Å². The van der Waals surface area contributed by atoms with Gasteiger partial charge in [-0.2, -0.15) is 0 Å². The molecule has 2 aromatic rings. The van der Waals surface area contributed by atoms with Crippen molar-refractivity contribution in [2.45, 2.75) is 20.1 Å². The fourth-order valence-electron chi connectivity index (χ4n) is 1.60. The second-order valence-electron chi connectivity index (χ2n) is 3.89. The summed E-state index contributed by atoms with van der Waals surface area (Å²) in [6, 6.07) is 6.28. The molecule has 2 N–H and O–H groups in total. The number of furan rings is 1. The van der Waals surface area contributed by atoms with Gasteiger partial charge in [0.1, 0.15) is 29.7 Å². The fourth-order valence-corrected chi connectivity index (χ4v) is 2.05. The lowest BCUT2D eigenvalue weighted by Gasteiger charge is -2.05. The highest BCUT2D eigenvalue weighted by atomic mass is 79.9. The number of ether oxygens (including phenoxy) is 1. The highest BCUT2D eigenvalue weighted by molar-refractivity contribution is 9.10. The Labute approximate surface area is 113 Å². The smallest absolute Gasteiger partial charge is 0.128 e. The SMILES string of the molecule is Cc1oc(CN)cc1COc1cc(F)cc(Br)c1. The van der Waals surface area contributed by atoms with Crippen molar-refractivity contribution in [2.24, 2.45) is 5.73 Å². The highest BCUT2D eigenvalue weighted by Crippen LogP contribution is 2.22. The van der Waals surface area contributed by atoms with E-state index in [4.69, 9.17) is 14.9 Å². The Bertz CT molecular complexity index is 534. The Balaban J connectivity index is 2.08. The molecule has 0 amide bonds. The van der Waals surface area contributed by atoms with Crippen molar-refractivity contribution in [3.05, 3.63) is 51.6 Å². The molecular weight excluding hydrogens is 301 g/mol. The number of halogens is 2. The minimum absolute atomic E-state index is 0.325. The van der Waals surface area contributed by atoms with Gasteiger partial charge in [0, 0.05) is 16.1 Å². The van der Waals surface area contributed by atoms with Crippen LogP contribution in [-0.2, 0) is 13.2 Å². The van der Waals surface area contributed by atoms with Crippen molar-refractivity contribution in [1.29, 1.82) is 0 Å². The lowest BCUT2D eigenvalue weighted by Crippen LogP contribution is -1.96. The van der Waals surface area contributed by atoms with Crippen LogP contribution in [0.1, 0.15) is 17.1 Å². The summed E-state index contributed by atoms with van der Waals surface area (Å²) < 4.78 is 24.7. The number of benzene rings is 1. The van der Waals surface area contributed by atoms with Crippen molar-refractivity contribution in [3.8, 4) is 5.75 Å². The number of hydrogen-bond donors (Lipinski definition) is 1. The molecule has 96 valence electrons. The molecule has 1 aromatic carbocycles. The van der Waals surface area contributed by atoms with Gasteiger partial charge in [-0.25, -0.2) is 4.39 Å². The van der Waals surface area contributed by atoms with Gasteiger partial charge in [0.05, 0.1) is 6.54 Å². The minimum Gasteiger partial charge on any atom is -0.489 e. The van der Waals surface area contributed by atoms with Crippen LogP contribution < -0.4 is 10.5 Å². The summed E-state index contributed by atoms with van der Waals surface area (Å²) in [5.41, 5.74) is 6.40. The first kappa shape index (κ1) is 13.1. The Morgan fingerprint density at radius 3 is 2.72 bits per heavy atom. The Morgan fingerprint density at radius 2 is 2.11 bits per heavy atom. The summed E-state index contributed by atoms with van der Waals surface area (Å²) in [4.78, 5) is 0. The standard InChI is InChI=1S/C13H13BrFNO2/c1-8-9(2-13(6-16)18-8)7-17-12-4-10(14)3-11(15)5-12/h2-5H,6-7,16H2,1H3. The molecule has 1 heterocycles. The van der Waals surface area contributed by atoms with Crippen LogP contribution in [0.25, 0.3) is 0 Å². The van der Waals surface area contributed by atoms with Gasteiger partial charge >= 0.3 is 0 Å². The monoisotopic (exact) mass is 313 g/mol. The predicted molar refractivity (Wildman–Crippen MR) is 69.8 cm³/mol. The minimum atomic E-state index is -0.342. The van der Waals surface area contributed by atoms with E-state index in [0.29, 0.717) is 29.1 Å². The van der Waals surface area contributed by atoms with E-state index in [2.05, 4.69) is 15.9 Å². The zero-order valence-electron chi connectivity index (χ0n) is 9.87. The molecule has 5 heteroatoms. The van der Waals surface area contributed by atoms with E-state index in [9.17, 15) is 4.39 Å². The maximum atomic E-state index is 13.1. The van der Waals surface area contributed by atoms with Crippen LogP contribution in [0.15, 0.2) is 33.2 Å². The molecule has 0 fully saturated rings. The first-order valence-corrected chi connectivity index (χ1v) is 6.25. The molecule has 0 spiro atoms. The first-order valence-electron chi connectivity index (χ1n) is 5.45. The molecule has 0 saturated carbocycles. The Kier molecular flexibility index (Phi) is 4.04. The molecule has 0 aliphatic rings. The molecule has 0 aliphatic carbocycles. The molecule has 1 aromatic heterocycles. The van der Waals surface area contributed by atoms with E-state index in [1.165, 1.54) is 12.1 Å². The molecule has 0 bridgehead atoms. The Hall–Kier alpha value is -1.33. The summed E-state index contributed by atoms with van der Waals surface area (Å²) in [5, 5.41) is 0. The first-order chi connectivity index (χ1) is 8.58. The van der Waals surface area contributed by atoms with Gasteiger partial charge in [-0.1, -0.05) is 15.9 Å². The third-order valence-electron chi connectivity index (χ3n) is 2.50. The maximum Gasteiger partial charge on any atom is 0.128 e. The van der Waals surface area contributed by atoms with Crippen LogP contribution in [0.2, 0.25) is 0 Å². The third-order valence-corrected chi connectivity index (χ3v) is 2.96. The van der Waals surface area contributed by atoms with Gasteiger partial charge in [0.2, 0.25) is 0 Å². The molecule has 2 rings (SSSR count). The van der Waals surface area contributed by atoms with E-state index in [1.807, 2.05) is 13.0 Å². The zero-order chi connectivity index (χ0) is 13.1. The molecular formula is C13H13BrFNO2. The van der Waals surface area contributed by atoms with Crippen molar-refractivity contribution < 1.29 is 13.5 Å². The van der Waals surface area contributed by atoms with E-state index in [1.54, 1.807) is 6.07 Å². The summed E-state index contributed by atoms with van der Waals surface area (Å²) in [6.07, 6.45) is 0. The maximum absolute atomic E-state index is 13.1. The molecule has 0 unspecified atom stereocenters. The molecule has 0 radical (unpaired) electrons. The van der Waals surface area contributed by atoms with E-state index >= 15 is 0 Å². The average Bonchev–Trinajstić information content (AvgIpc) is 2.66. The van der Waals surface area contributed by atoms with Gasteiger partial charge in [-0.3, -0.25) is 0 Å². The van der Waals surface area contributed by atoms with Crippen LogP contribution in [-0.4, -0.2) is 0 Å². The van der Waals surface area contributed by atoms with Crippen molar-refractivity contribution >= 4 is 15.9 Å². The van der Waals surface area contributed by atoms with Crippen LogP contribution in [0.3, 0.4) is 0 Å². The van der Waals surface area contributed by atoms with E-state index in [0.717, 1.165) is 11.3 Å². The summed E-state index contributed by atoms with van der Waals surface area (Å²) in [5.74, 6) is 1.61. The van der Waals surface area contributed by atoms with Crippen LogP contribution in [0, 0.1) is 12.7 Å². The zero-order valence-corrected chi connectivity index (χ0v) is 11.5. The van der Waals surface area contributed by atoms with Gasteiger partial charge in [-0.15, -0.1) is 0 Å². The largest absolute Gasteiger partial charge is 0.489 e. The highest BCUT2D eigenvalue weighted by Gasteiger charge is 2.07. The fraction of sp³-hybridized carbons (Fsp3) is 0.231. The molecule has 0 atom stereocenters. The van der Waals surface area contributed by atoms with Gasteiger partial charge in [-0.05, 0) is 25.1 Å². The summed E-state index contributed by atoms with van der Waals surface area (Å²) in [7, 11) is 0. The van der Waals surface area contributed by atoms with E-state index in [-0.39, 0.29) is 5.82 Å². The quantitative estimate of drug-likeness (QED) is 0.939. The van der Waals surface area contributed by atoms with Crippen molar-refractivity contribution in [2.75, 3.05) is 0 Å².